The third-order valence-corrected chi connectivity index (χ3v) is 7.61. The quantitative estimate of drug-likeness (QED) is 0.384. The second-order valence-electron chi connectivity index (χ2n) is 8.33. The van der Waals surface area contributed by atoms with Crippen LogP contribution in [0.25, 0.3) is 0 Å². The van der Waals surface area contributed by atoms with Gasteiger partial charge in [-0.1, -0.05) is 34.4 Å². The summed E-state index contributed by atoms with van der Waals surface area (Å²) in [4.78, 5) is 4.27. The Bertz CT molecular complexity index is 1270. The molecule has 0 amide bonds. The van der Waals surface area contributed by atoms with E-state index in [2.05, 4.69) is 24.7 Å². The summed E-state index contributed by atoms with van der Waals surface area (Å²) in [5, 5.41) is 8.79. The molecule has 0 aliphatic carbocycles. The van der Waals surface area contributed by atoms with Crippen LogP contribution in [0.4, 0.5) is 5.69 Å². The highest BCUT2D eigenvalue weighted by atomic mass is 35.5. The molecule has 2 aromatic carbocycles. The number of hydrogen-bond donors (Lipinski definition) is 1. The molecule has 190 valence electrons. The van der Waals surface area contributed by atoms with Gasteiger partial charge in [-0.05, 0) is 58.3 Å². The molecule has 0 unspecified atom stereocenters. The standard InChI is InChI=1S/C23H30Cl2N6O3S/c1-6-31-22(16(2)28-35(32,33)19-10-11-20(24)21(25)15-19)26-27-23(31)34-18-9-7-8-17(14-18)30(5)13-12-29(3)4/h7-11,14-16,28H,6,12-13H2,1-5H3/t16-/m1/s1. The Morgan fingerprint density at radius 2 is 1.80 bits per heavy atom. The number of nitrogens with zero attached hydrogens (tertiary/aromatic N) is 5. The van der Waals surface area contributed by atoms with Crippen LogP contribution < -0.4 is 14.4 Å². The highest BCUT2D eigenvalue weighted by molar-refractivity contribution is 7.89. The Kier molecular flexibility index (Phi) is 9.00. The second-order valence-corrected chi connectivity index (χ2v) is 10.9. The van der Waals surface area contributed by atoms with E-state index in [0.29, 0.717) is 18.1 Å². The molecule has 0 aliphatic heterocycles. The van der Waals surface area contributed by atoms with Crippen molar-refractivity contribution >= 4 is 38.9 Å². The van der Waals surface area contributed by atoms with E-state index in [1.54, 1.807) is 11.5 Å². The van der Waals surface area contributed by atoms with Crippen LogP contribution in [0.2, 0.25) is 10.0 Å². The van der Waals surface area contributed by atoms with Gasteiger partial charge in [-0.25, -0.2) is 13.1 Å². The van der Waals surface area contributed by atoms with Gasteiger partial charge < -0.3 is 14.5 Å². The topological polar surface area (TPSA) is 92.6 Å². The Balaban J connectivity index is 1.78. The van der Waals surface area contributed by atoms with Crippen LogP contribution in [0, 0.1) is 0 Å². The minimum atomic E-state index is -3.87. The number of halogens is 2. The van der Waals surface area contributed by atoms with Crippen molar-refractivity contribution in [3.8, 4) is 11.8 Å². The molecule has 0 spiro atoms. The van der Waals surface area contributed by atoms with Crippen LogP contribution in [0.3, 0.4) is 0 Å². The van der Waals surface area contributed by atoms with Crippen molar-refractivity contribution < 1.29 is 13.2 Å². The maximum absolute atomic E-state index is 12.9. The van der Waals surface area contributed by atoms with Gasteiger partial charge in [0.05, 0.1) is 21.0 Å². The Labute approximate surface area is 216 Å². The fourth-order valence-electron chi connectivity index (χ4n) is 3.36. The number of anilines is 1. The van der Waals surface area contributed by atoms with Crippen molar-refractivity contribution in [1.82, 2.24) is 24.4 Å². The van der Waals surface area contributed by atoms with Crippen LogP contribution in [0.15, 0.2) is 47.4 Å². The lowest BCUT2D eigenvalue weighted by atomic mass is 10.3. The first-order chi connectivity index (χ1) is 16.5. The van der Waals surface area contributed by atoms with Gasteiger partial charge in [0.2, 0.25) is 10.0 Å². The van der Waals surface area contributed by atoms with E-state index in [1.807, 2.05) is 52.3 Å². The van der Waals surface area contributed by atoms with Crippen LogP contribution in [-0.4, -0.2) is 62.3 Å². The summed E-state index contributed by atoms with van der Waals surface area (Å²) in [7, 11) is 2.22. The van der Waals surface area contributed by atoms with E-state index in [1.165, 1.54) is 18.2 Å². The zero-order valence-corrected chi connectivity index (χ0v) is 22.7. The number of sulfonamides is 1. The Morgan fingerprint density at radius 3 is 2.46 bits per heavy atom. The molecule has 3 rings (SSSR count). The number of hydrogen-bond acceptors (Lipinski definition) is 7. The highest BCUT2D eigenvalue weighted by Crippen LogP contribution is 2.28. The SMILES string of the molecule is CCn1c(Oc2cccc(N(C)CCN(C)C)c2)nnc1[C@@H](C)NS(=O)(=O)c1ccc(Cl)c(Cl)c1. The Hall–Kier alpha value is -2.37. The van der Waals surface area contributed by atoms with Gasteiger partial charge in [-0.15, -0.1) is 5.10 Å². The fraction of sp³-hybridized carbons (Fsp3) is 0.391. The molecule has 12 heteroatoms. The molecule has 1 heterocycles. The summed E-state index contributed by atoms with van der Waals surface area (Å²) >= 11 is 11.9. The van der Waals surface area contributed by atoms with Crippen molar-refractivity contribution in [3.63, 3.8) is 0 Å². The first-order valence-corrected chi connectivity index (χ1v) is 13.3. The molecule has 3 aromatic rings. The second kappa shape index (κ2) is 11.6. The van der Waals surface area contributed by atoms with Gasteiger partial charge in [0.15, 0.2) is 5.82 Å². The van der Waals surface area contributed by atoms with E-state index in [4.69, 9.17) is 27.9 Å². The largest absolute Gasteiger partial charge is 0.424 e. The summed E-state index contributed by atoms with van der Waals surface area (Å²) in [6.45, 7) is 5.87. The van der Waals surface area contributed by atoms with E-state index in [-0.39, 0.29) is 21.0 Å². The molecule has 1 N–H and O–H groups in total. The fourth-order valence-corrected chi connectivity index (χ4v) is 4.95. The van der Waals surface area contributed by atoms with Crippen LogP contribution in [0.1, 0.15) is 25.7 Å². The summed E-state index contributed by atoms with van der Waals surface area (Å²) in [6, 6.07) is 11.4. The predicted molar refractivity (Wildman–Crippen MR) is 139 cm³/mol. The number of ether oxygens (including phenoxy) is 1. The van der Waals surface area contributed by atoms with Gasteiger partial charge in [0.1, 0.15) is 5.75 Å². The van der Waals surface area contributed by atoms with E-state index in [9.17, 15) is 8.42 Å². The molecule has 9 nitrogen and oxygen atoms in total. The van der Waals surface area contributed by atoms with Crippen molar-refractivity contribution in [1.29, 1.82) is 0 Å². The first-order valence-electron chi connectivity index (χ1n) is 11.1. The van der Waals surface area contributed by atoms with Gasteiger partial charge in [-0.3, -0.25) is 4.57 Å². The molecule has 0 bridgehead atoms. The molecular formula is C23H30Cl2N6O3S. The molecule has 1 aromatic heterocycles. The maximum Gasteiger partial charge on any atom is 0.322 e. The lowest BCUT2D eigenvalue weighted by Crippen LogP contribution is -2.29. The third kappa shape index (κ3) is 6.86. The number of rotatable bonds is 11. The average Bonchev–Trinajstić information content (AvgIpc) is 3.21. The molecule has 0 radical (unpaired) electrons. The van der Waals surface area contributed by atoms with Crippen molar-refractivity contribution in [2.75, 3.05) is 39.1 Å². The molecule has 35 heavy (non-hydrogen) atoms. The molecule has 1 atom stereocenters. The summed E-state index contributed by atoms with van der Waals surface area (Å²) in [5.74, 6) is 1.03. The normalized spacial score (nSPS) is 12.7. The smallest absolute Gasteiger partial charge is 0.322 e. The van der Waals surface area contributed by atoms with Gasteiger partial charge >= 0.3 is 6.01 Å². The van der Waals surface area contributed by atoms with Crippen LogP contribution in [-0.2, 0) is 16.6 Å². The van der Waals surface area contributed by atoms with Crippen LogP contribution >= 0.6 is 23.2 Å². The van der Waals surface area contributed by atoms with Gasteiger partial charge in [0.25, 0.3) is 0 Å². The Morgan fingerprint density at radius 1 is 1.06 bits per heavy atom. The zero-order valence-electron chi connectivity index (χ0n) is 20.4. The molecule has 0 aliphatic rings. The monoisotopic (exact) mass is 540 g/mol. The number of benzene rings is 2. The van der Waals surface area contributed by atoms with Gasteiger partial charge in [0, 0.05) is 38.4 Å². The first kappa shape index (κ1) is 27.2. The summed E-state index contributed by atoms with van der Waals surface area (Å²) < 4.78 is 36.1. The van der Waals surface area contributed by atoms with E-state index < -0.39 is 16.1 Å². The summed E-state index contributed by atoms with van der Waals surface area (Å²) in [5.41, 5.74) is 1.01. The predicted octanol–water partition coefficient (Wildman–Crippen LogP) is 4.43. The van der Waals surface area contributed by atoms with E-state index in [0.717, 1.165) is 18.8 Å². The van der Waals surface area contributed by atoms with Gasteiger partial charge in [-0.2, -0.15) is 0 Å². The van der Waals surface area contributed by atoms with Crippen molar-refractivity contribution in [2.24, 2.45) is 0 Å². The molecule has 0 saturated heterocycles. The lowest BCUT2D eigenvalue weighted by molar-refractivity contribution is 0.407. The molecular weight excluding hydrogens is 511 g/mol. The summed E-state index contributed by atoms with van der Waals surface area (Å²) in [6.07, 6.45) is 0. The number of nitrogens with one attached hydrogen (secondary N) is 1. The molecule has 0 fully saturated rings. The minimum Gasteiger partial charge on any atom is -0.424 e. The number of aromatic nitrogens is 3. The molecule has 0 saturated carbocycles. The maximum atomic E-state index is 12.9. The third-order valence-electron chi connectivity index (χ3n) is 5.33. The zero-order chi connectivity index (χ0) is 25.8. The minimum absolute atomic E-state index is 0.00740. The van der Waals surface area contributed by atoms with E-state index >= 15 is 0 Å². The van der Waals surface area contributed by atoms with Crippen LogP contribution in [0.5, 0.6) is 11.8 Å². The number of likely N-dealkylation sites (N-methyl/N-ethyl adjacent to an activating group) is 2. The van der Waals surface area contributed by atoms with Crippen molar-refractivity contribution in [3.05, 3.63) is 58.3 Å². The average molecular weight is 542 g/mol. The highest BCUT2D eigenvalue weighted by Gasteiger charge is 2.24. The van der Waals surface area contributed by atoms with Crippen molar-refractivity contribution in [2.45, 2.75) is 31.3 Å². The lowest BCUT2D eigenvalue weighted by Gasteiger charge is -2.22.